The second-order valence-electron chi connectivity index (χ2n) is 30.8. The van der Waals surface area contributed by atoms with Crippen LogP contribution in [0.25, 0.3) is 34.4 Å². The Labute approximate surface area is 647 Å². The third-order valence-corrected chi connectivity index (χ3v) is 23.5. The van der Waals surface area contributed by atoms with Gasteiger partial charge in [0.15, 0.2) is 46.5 Å². The van der Waals surface area contributed by atoms with E-state index in [-0.39, 0.29) is 34.4 Å². The molecule has 0 bridgehead atoms. The van der Waals surface area contributed by atoms with Crippen LogP contribution in [-0.2, 0) is 27.1 Å². The maximum atomic E-state index is 17.5. The van der Waals surface area contributed by atoms with Crippen LogP contribution in [0.15, 0.2) is 292 Å². The summed E-state index contributed by atoms with van der Waals surface area (Å²) in [6.07, 6.45) is 4.60. The smallest absolute Gasteiger partial charge is 0.166 e. The molecule has 14 aromatic carbocycles. The number of benzene rings is 14. The molecule has 0 fully saturated rings. The van der Waals surface area contributed by atoms with Gasteiger partial charge in [-0.1, -0.05) is 174 Å². The van der Waals surface area contributed by atoms with Crippen molar-refractivity contribution in [1.82, 2.24) is 0 Å². The van der Waals surface area contributed by atoms with Crippen molar-refractivity contribution in [3.05, 3.63) is 428 Å². The van der Waals surface area contributed by atoms with Gasteiger partial charge in [0, 0.05) is 62.8 Å². The lowest BCUT2D eigenvalue weighted by Crippen LogP contribution is -2.32. The van der Waals surface area contributed by atoms with Gasteiger partial charge in [-0.05, 0) is 258 Å². The van der Waals surface area contributed by atoms with Gasteiger partial charge in [-0.25, -0.2) is 43.9 Å². The molecule has 0 heterocycles. The van der Waals surface area contributed by atoms with Crippen molar-refractivity contribution in [2.45, 2.75) is 67.6 Å². The van der Waals surface area contributed by atoms with Crippen molar-refractivity contribution in [1.29, 1.82) is 0 Å². The normalized spacial score (nSPS) is 17.5. The van der Waals surface area contributed by atoms with E-state index >= 15 is 43.9 Å². The summed E-state index contributed by atoms with van der Waals surface area (Å²) in [5.74, 6) is -12.0. The zero-order chi connectivity index (χ0) is 78.4. The van der Waals surface area contributed by atoms with E-state index < -0.39 is 96.4 Å². The standard InChI is InChI=1S/C99H68F10N2O2/c1-7-57-17-37-69(38-18-57)112-71-41-21-59(22-42-71)98(89-91(106)85(102)53-86(103)92(89)107)77-15-11-9-13-73(77)75-45-33-65(49-81(75)98)110(63-29-25-61(100)26-30-63)67-35-47-79-83(51-67)97(55-95(79,3)4)56-96(5,6)80-48-36-68(52-84(80)97)111(64-31-27-62(101)28-32-64)66-34-46-76-74-14-10-12-16-78(74)99(82(76)50-66,90-93(108)87(104)54-88(105)94(90)109)60-23-43-72(44-24-60)113-70-39-19-58(8-2)20-40-70/h7-54H,1-2,55-56H2,3-6H3. The van der Waals surface area contributed by atoms with E-state index in [4.69, 9.17) is 9.47 Å². The maximum absolute atomic E-state index is 17.5. The molecule has 2 atom stereocenters. The zero-order valence-corrected chi connectivity index (χ0v) is 61.5. The molecule has 4 nitrogen and oxygen atoms in total. The van der Waals surface area contributed by atoms with Crippen LogP contribution >= 0.6 is 0 Å². The van der Waals surface area contributed by atoms with Gasteiger partial charge in [0.1, 0.15) is 34.6 Å². The van der Waals surface area contributed by atoms with Crippen molar-refractivity contribution < 1.29 is 53.4 Å². The first-order chi connectivity index (χ1) is 54.4. The average molecular weight is 1510 g/mol. The number of rotatable bonds is 16. The summed E-state index contributed by atoms with van der Waals surface area (Å²) < 4.78 is 178. The molecule has 2 unspecified atom stereocenters. The van der Waals surface area contributed by atoms with E-state index in [0.717, 1.165) is 33.4 Å². The molecule has 556 valence electrons. The lowest BCUT2D eigenvalue weighted by atomic mass is 9.67. The molecule has 0 saturated carbocycles. The summed E-state index contributed by atoms with van der Waals surface area (Å²) in [5, 5.41) is 0. The van der Waals surface area contributed by atoms with E-state index in [1.807, 2.05) is 70.5 Å². The van der Waals surface area contributed by atoms with Gasteiger partial charge >= 0.3 is 0 Å². The Hall–Kier alpha value is -12.9. The monoisotopic (exact) mass is 1510 g/mol. The van der Waals surface area contributed by atoms with Gasteiger partial charge in [0.05, 0.1) is 10.8 Å². The van der Waals surface area contributed by atoms with Crippen molar-refractivity contribution in [2.24, 2.45) is 0 Å². The van der Waals surface area contributed by atoms with Crippen molar-refractivity contribution in [3.63, 3.8) is 0 Å². The number of halogens is 10. The highest BCUT2D eigenvalue weighted by atomic mass is 19.2. The number of hydrogen-bond donors (Lipinski definition) is 0. The Kier molecular flexibility index (Phi) is 16.9. The van der Waals surface area contributed by atoms with Crippen LogP contribution in [0.1, 0.15) is 118 Å². The molecule has 1 spiro atoms. The van der Waals surface area contributed by atoms with Gasteiger partial charge < -0.3 is 19.3 Å². The first-order valence-electron chi connectivity index (χ1n) is 37.0. The van der Waals surface area contributed by atoms with E-state index in [9.17, 15) is 0 Å². The fourth-order valence-corrected chi connectivity index (χ4v) is 18.9. The molecule has 113 heavy (non-hydrogen) atoms. The Morgan fingerprint density at radius 2 is 0.584 bits per heavy atom. The summed E-state index contributed by atoms with van der Waals surface area (Å²) in [4.78, 5) is 3.86. The SMILES string of the molecule is C=Cc1ccc(Oc2ccc(C3(c4c(F)c(F)cc(F)c4F)c4ccccc4-c4ccc(N(c5ccc(F)cc5)c5ccc6c(c5)C5(CC6(C)C)CC(C)(C)c6ccc(N(c7ccc(F)cc7)c7ccc8c(c7)C(c7ccc(Oc9ccc(C=C)cc9)cc7)(c7c(F)c(F)cc(F)c7F)c7ccccc7-8)cc65)cc43)cc2)cc1. The van der Waals surface area contributed by atoms with E-state index in [1.54, 1.807) is 170 Å². The Bertz CT molecular complexity index is 5810. The minimum absolute atomic E-state index is 0.205. The van der Waals surface area contributed by atoms with Crippen molar-refractivity contribution in [3.8, 4) is 45.3 Å². The summed E-state index contributed by atoms with van der Waals surface area (Å²) >= 11 is 0. The van der Waals surface area contributed by atoms with Crippen LogP contribution < -0.4 is 19.3 Å². The number of nitrogens with zero attached hydrogens (tertiary/aromatic N) is 2. The highest BCUT2D eigenvalue weighted by molar-refractivity contribution is 5.92. The summed E-state index contributed by atoms with van der Waals surface area (Å²) in [7, 11) is 0. The number of hydrogen-bond acceptors (Lipinski definition) is 4. The molecule has 0 aliphatic heterocycles. The number of fused-ring (bicyclic) bond motifs is 10. The van der Waals surface area contributed by atoms with Crippen LogP contribution in [-0.4, -0.2) is 0 Å². The maximum Gasteiger partial charge on any atom is 0.166 e. The first-order valence-corrected chi connectivity index (χ1v) is 37.0. The molecule has 4 aliphatic carbocycles. The van der Waals surface area contributed by atoms with Crippen molar-refractivity contribution in [2.75, 3.05) is 9.80 Å². The van der Waals surface area contributed by atoms with Crippen LogP contribution in [0.3, 0.4) is 0 Å². The zero-order valence-electron chi connectivity index (χ0n) is 61.5. The van der Waals surface area contributed by atoms with Gasteiger partial charge in [-0.3, -0.25) is 0 Å². The average Bonchev–Trinajstić information content (AvgIpc) is 1.54. The quantitative estimate of drug-likeness (QED) is 0.0711. The fraction of sp³-hybridized carbons (Fsp3) is 0.111. The minimum Gasteiger partial charge on any atom is -0.457 e. The van der Waals surface area contributed by atoms with Crippen LogP contribution in [0.2, 0.25) is 0 Å². The van der Waals surface area contributed by atoms with E-state index in [2.05, 4.69) is 65.1 Å². The molecule has 18 rings (SSSR count). The molecule has 0 aromatic heterocycles. The predicted octanol–water partition coefficient (Wildman–Crippen LogP) is 27.3. The van der Waals surface area contributed by atoms with Gasteiger partial charge in [0.25, 0.3) is 0 Å². The minimum atomic E-state index is -2.07. The summed E-state index contributed by atoms with van der Waals surface area (Å²) in [6, 6.07) is 77.3. The predicted molar refractivity (Wildman–Crippen MR) is 426 cm³/mol. The molecule has 0 N–H and O–H groups in total. The van der Waals surface area contributed by atoms with Crippen molar-refractivity contribution >= 4 is 46.3 Å². The first kappa shape index (κ1) is 71.7. The molecule has 4 aliphatic rings. The van der Waals surface area contributed by atoms with Crippen LogP contribution in [0.5, 0.6) is 23.0 Å². The Morgan fingerprint density at radius 1 is 0.292 bits per heavy atom. The molecule has 0 saturated heterocycles. The summed E-state index contributed by atoms with van der Waals surface area (Å²) in [6.45, 7) is 16.5. The van der Waals surface area contributed by atoms with Crippen LogP contribution in [0, 0.1) is 58.2 Å². The van der Waals surface area contributed by atoms with Gasteiger partial charge in [0.2, 0.25) is 0 Å². The number of anilines is 6. The molecular weight excluding hydrogens is 1440 g/mol. The van der Waals surface area contributed by atoms with Gasteiger partial charge in [-0.15, -0.1) is 0 Å². The van der Waals surface area contributed by atoms with Crippen LogP contribution in [0.4, 0.5) is 78.0 Å². The largest absolute Gasteiger partial charge is 0.457 e. The topological polar surface area (TPSA) is 24.9 Å². The third-order valence-electron chi connectivity index (χ3n) is 23.5. The van der Waals surface area contributed by atoms with Gasteiger partial charge in [-0.2, -0.15) is 0 Å². The lowest BCUT2D eigenvalue weighted by molar-refractivity contribution is 0.349. The Balaban J connectivity index is 0.807. The molecule has 14 heteroatoms. The highest BCUT2D eigenvalue weighted by Gasteiger charge is 2.58. The molecule has 0 amide bonds. The highest BCUT2D eigenvalue weighted by Crippen LogP contribution is 2.66. The summed E-state index contributed by atoms with van der Waals surface area (Å²) in [5.41, 5.74) is 5.11. The van der Waals surface area contributed by atoms with E-state index in [0.29, 0.717) is 103 Å². The molecule has 0 radical (unpaired) electrons. The second-order valence-corrected chi connectivity index (χ2v) is 30.8. The third kappa shape index (κ3) is 11.2. The van der Waals surface area contributed by atoms with E-state index in [1.165, 1.54) is 24.3 Å². The lowest BCUT2D eigenvalue weighted by Gasteiger charge is -2.36. The molecule has 14 aromatic rings. The Morgan fingerprint density at radius 3 is 0.920 bits per heavy atom. The number of ether oxygens (including phenoxy) is 2. The molecular formula is C99H68F10N2O2. The fourth-order valence-electron chi connectivity index (χ4n) is 18.9. The second kappa shape index (κ2) is 26.6.